The molecule has 206 valence electrons. The van der Waals surface area contributed by atoms with Gasteiger partial charge in [0.25, 0.3) is 15.9 Å². The van der Waals surface area contributed by atoms with Gasteiger partial charge in [0.2, 0.25) is 0 Å². The molecule has 0 aliphatic rings. The molecule has 4 rings (SSSR count). The van der Waals surface area contributed by atoms with Gasteiger partial charge in [0.15, 0.2) is 17.2 Å². The Balaban J connectivity index is 1.60. The summed E-state index contributed by atoms with van der Waals surface area (Å²) in [7, 11) is -1.24. The lowest BCUT2D eigenvalue weighted by Gasteiger charge is -2.14. The van der Waals surface area contributed by atoms with E-state index in [2.05, 4.69) is 26.9 Å². The highest BCUT2D eigenvalue weighted by molar-refractivity contribution is 7.92. The molecular formula is C26H28FN5O6S. The molecule has 2 heterocycles. The maximum atomic E-state index is 13.4. The molecule has 0 saturated carbocycles. The van der Waals surface area contributed by atoms with Crippen molar-refractivity contribution in [3.63, 3.8) is 0 Å². The maximum absolute atomic E-state index is 13.4. The SMILES string of the molecule is C=C(F)C(=O)NCc1cnn(Cc2cc(OC)c3c(NS(=O)(=O)c4cc(C(C)C)ccc4OC)noc3c2)c1. The number of fused-ring (bicyclic) bond motifs is 1. The number of sulfonamides is 1. The van der Waals surface area contributed by atoms with Crippen molar-refractivity contribution >= 4 is 32.7 Å². The zero-order valence-electron chi connectivity index (χ0n) is 21.8. The van der Waals surface area contributed by atoms with Crippen LogP contribution in [0.5, 0.6) is 11.5 Å². The number of benzene rings is 2. The van der Waals surface area contributed by atoms with Crippen molar-refractivity contribution in [3.8, 4) is 11.5 Å². The number of anilines is 1. The van der Waals surface area contributed by atoms with E-state index in [1.54, 1.807) is 41.3 Å². The molecule has 0 aliphatic heterocycles. The monoisotopic (exact) mass is 557 g/mol. The average Bonchev–Trinajstić information content (AvgIpc) is 3.52. The van der Waals surface area contributed by atoms with Crippen LogP contribution in [0.15, 0.2) is 64.5 Å². The van der Waals surface area contributed by atoms with E-state index in [9.17, 15) is 17.6 Å². The second kappa shape index (κ2) is 11.2. The fourth-order valence-electron chi connectivity index (χ4n) is 3.91. The van der Waals surface area contributed by atoms with Gasteiger partial charge >= 0.3 is 0 Å². The fourth-order valence-corrected chi connectivity index (χ4v) is 5.12. The summed E-state index contributed by atoms with van der Waals surface area (Å²) in [6.45, 7) is 7.27. The number of amides is 1. The first-order valence-corrected chi connectivity index (χ1v) is 13.3. The largest absolute Gasteiger partial charge is 0.496 e. The van der Waals surface area contributed by atoms with Crippen LogP contribution in [-0.2, 0) is 27.9 Å². The Labute approximate surface area is 224 Å². The lowest BCUT2D eigenvalue weighted by atomic mass is 10.0. The Hall–Kier alpha value is -4.39. The number of methoxy groups -OCH3 is 2. The number of halogens is 1. The molecule has 0 spiro atoms. The zero-order chi connectivity index (χ0) is 28.3. The molecule has 0 aliphatic carbocycles. The van der Waals surface area contributed by atoms with Crippen molar-refractivity contribution < 1.29 is 31.6 Å². The lowest BCUT2D eigenvalue weighted by molar-refractivity contribution is -0.119. The predicted molar refractivity (Wildman–Crippen MR) is 142 cm³/mol. The van der Waals surface area contributed by atoms with E-state index >= 15 is 0 Å². The summed E-state index contributed by atoms with van der Waals surface area (Å²) in [6.07, 6.45) is 3.23. The van der Waals surface area contributed by atoms with Gasteiger partial charge in [0.1, 0.15) is 21.8 Å². The first-order valence-electron chi connectivity index (χ1n) is 11.8. The highest BCUT2D eigenvalue weighted by Gasteiger charge is 2.25. The van der Waals surface area contributed by atoms with Crippen LogP contribution in [0.1, 0.15) is 36.5 Å². The summed E-state index contributed by atoms with van der Waals surface area (Å²) in [5.74, 6) is -1.35. The molecule has 0 saturated heterocycles. The number of ether oxygens (including phenoxy) is 2. The molecule has 0 bridgehead atoms. The summed E-state index contributed by atoms with van der Waals surface area (Å²) < 4.78 is 60.0. The van der Waals surface area contributed by atoms with Crippen LogP contribution in [0.2, 0.25) is 0 Å². The van der Waals surface area contributed by atoms with Crippen LogP contribution >= 0.6 is 0 Å². The molecule has 13 heteroatoms. The Kier molecular flexibility index (Phi) is 7.90. The van der Waals surface area contributed by atoms with Gasteiger partial charge in [-0.15, -0.1) is 0 Å². The highest BCUT2D eigenvalue weighted by atomic mass is 32.2. The lowest BCUT2D eigenvalue weighted by Crippen LogP contribution is -2.22. The first kappa shape index (κ1) is 27.6. The Bertz CT molecular complexity index is 1640. The normalized spacial score (nSPS) is 11.5. The van der Waals surface area contributed by atoms with Crippen molar-refractivity contribution in [1.82, 2.24) is 20.3 Å². The smallest absolute Gasteiger partial charge is 0.279 e. The Morgan fingerprint density at radius 3 is 2.56 bits per heavy atom. The van der Waals surface area contributed by atoms with Gasteiger partial charge in [-0.25, -0.2) is 12.8 Å². The number of nitrogens with zero attached hydrogens (tertiary/aromatic N) is 3. The molecule has 11 nitrogen and oxygen atoms in total. The van der Waals surface area contributed by atoms with Crippen molar-refractivity contribution in [2.24, 2.45) is 0 Å². The number of hydrogen-bond donors (Lipinski definition) is 2. The van der Waals surface area contributed by atoms with E-state index in [0.717, 1.165) is 11.1 Å². The van der Waals surface area contributed by atoms with Gasteiger partial charge in [-0.3, -0.25) is 14.2 Å². The van der Waals surface area contributed by atoms with Crippen LogP contribution in [0.3, 0.4) is 0 Å². The molecule has 0 unspecified atom stereocenters. The first-order chi connectivity index (χ1) is 18.5. The van der Waals surface area contributed by atoms with Crippen LogP contribution in [0.4, 0.5) is 10.2 Å². The molecule has 1 amide bonds. The maximum Gasteiger partial charge on any atom is 0.279 e. The van der Waals surface area contributed by atoms with Gasteiger partial charge in [-0.05, 0) is 41.3 Å². The van der Waals surface area contributed by atoms with Gasteiger partial charge in [0, 0.05) is 18.3 Å². The minimum atomic E-state index is -4.10. The second-order valence-electron chi connectivity index (χ2n) is 9.01. The van der Waals surface area contributed by atoms with Crippen LogP contribution in [0.25, 0.3) is 11.0 Å². The van der Waals surface area contributed by atoms with Crippen molar-refractivity contribution in [2.75, 3.05) is 18.9 Å². The van der Waals surface area contributed by atoms with Crippen LogP contribution in [-0.4, -0.2) is 43.5 Å². The molecule has 2 aromatic carbocycles. The number of carbonyl (C=O) groups is 1. The quantitative estimate of drug-likeness (QED) is 0.263. The third-order valence-electron chi connectivity index (χ3n) is 5.92. The van der Waals surface area contributed by atoms with E-state index in [-0.39, 0.29) is 28.9 Å². The summed E-state index contributed by atoms with van der Waals surface area (Å²) >= 11 is 0. The molecule has 0 fully saturated rings. The zero-order valence-corrected chi connectivity index (χ0v) is 22.6. The number of carbonyl (C=O) groups excluding carboxylic acids is 1. The summed E-state index contributed by atoms with van der Waals surface area (Å²) in [6, 6.07) is 8.41. The predicted octanol–water partition coefficient (Wildman–Crippen LogP) is 4.11. The summed E-state index contributed by atoms with van der Waals surface area (Å²) in [5.41, 5.74) is 2.52. The number of rotatable bonds is 11. The summed E-state index contributed by atoms with van der Waals surface area (Å²) in [4.78, 5) is 11.3. The van der Waals surface area contributed by atoms with E-state index in [1.165, 1.54) is 14.2 Å². The molecule has 2 aromatic heterocycles. The van der Waals surface area contributed by atoms with Gasteiger partial charge in [0.05, 0.1) is 27.0 Å². The number of hydrogen-bond acceptors (Lipinski definition) is 8. The van der Waals surface area contributed by atoms with E-state index < -0.39 is 21.8 Å². The standard InChI is InChI=1S/C26H28FN5O6S/c1-15(2)19-6-7-20(36-4)23(10-19)39(34,35)31-25-24-21(37-5)8-17(9-22(24)38-30-25)13-32-14-18(12-29-32)11-28-26(33)16(3)27/h6-10,12,14-15H,3,11,13H2,1-2,4-5H3,(H,28,33)(H,30,31). The Morgan fingerprint density at radius 2 is 1.90 bits per heavy atom. The fraction of sp³-hybridized carbons (Fsp3) is 0.269. The van der Waals surface area contributed by atoms with E-state index in [4.69, 9.17) is 14.0 Å². The molecule has 39 heavy (non-hydrogen) atoms. The van der Waals surface area contributed by atoms with Crippen LogP contribution < -0.4 is 19.5 Å². The van der Waals surface area contributed by atoms with E-state index in [0.29, 0.717) is 28.8 Å². The molecule has 4 aromatic rings. The third-order valence-corrected chi connectivity index (χ3v) is 7.28. The molecule has 0 radical (unpaired) electrons. The van der Waals surface area contributed by atoms with Crippen molar-refractivity contribution in [2.45, 2.75) is 37.8 Å². The topological polar surface area (TPSA) is 138 Å². The van der Waals surface area contributed by atoms with Crippen molar-refractivity contribution in [3.05, 3.63) is 71.8 Å². The number of nitrogens with one attached hydrogen (secondary N) is 2. The van der Waals surface area contributed by atoms with Gasteiger partial charge < -0.3 is 19.3 Å². The minimum Gasteiger partial charge on any atom is -0.496 e. The highest BCUT2D eigenvalue weighted by Crippen LogP contribution is 2.36. The average molecular weight is 558 g/mol. The molecule has 0 atom stereocenters. The van der Waals surface area contributed by atoms with E-state index in [1.807, 2.05) is 19.9 Å². The molecular weight excluding hydrogens is 529 g/mol. The van der Waals surface area contributed by atoms with Crippen molar-refractivity contribution in [1.29, 1.82) is 0 Å². The third kappa shape index (κ3) is 6.03. The van der Waals surface area contributed by atoms with Gasteiger partial charge in [-0.1, -0.05) is 31.6 Å². The number of aromatic nitrogens is 3. The van der Waals surface area contributed by atoms with Crippen LogP contribution in [0, 0.1) is 0 Å². The van der Waals surface area contributed by atoms with Gasteiger partial charge in [-0.2, -0.15) is 5.10 Å². The Morgan fingerprint density at radius 1 is 1.15 bits per heavy atom. The minimum absolute atomic E-state index is 0.0237. The second-order valence-corrected chi connectivity index (χ2v) is 10.7. The summed E-state index contributed by atoms with van der Waals surface area (Å²) in [5, 5.41) is 10.9. The molecule has 2 N–H and O–H groups in total.